The molecule has 0 amide bonds. The second kappa shape index (κ2) is 4.05. The predicted octanol–water partition coefficient (Wildman–Crippen LogP) is -0.447. The van der Waals surface area contributed by atoms with Crippen molar-refractivity contribution in [2.75, 3.05) is 20.3 Å². The molecule has 0 saturated carbocycles. The van der Waals surface area contributed by atoms with Crippen molar-refractivity contribution in [3.63, 3.8) is 0 Å². The number of hydrogen-bond donors (Lipinski definition) is 0. The lowest BCUT2D eigenvalue weighted by Crippen LogP contribution is -2.46. The van der Waals surface area contributed by atoms with Crippen LogP contribution in [-0.2, 0) is 18.9 Å². The Morgan fingerprint density at radius 3 is 2.80 bits per heavy atom. The van der Waals surface area contributed by atoms with Gasteiger partial charge in [-0.05, 0) is 13.8 Å². The fourth-order valence-electron chi connectivity index (χ4n) is 2.52. The first-order chi connectivity index (χ1) is 7.09. The topological polar surface area (TPSA) is 36.9 Å². The average Bonchev–Trinajstić information content (AvgIpc) is 2.56. The lowest BCUT2D eigenvalue weighted by Gasteiger charge is -2.30. The average molecular weight is 214 g/mol. The van der Waals surface area contributed by atoms with Crippen molar-refractivity contribution in [1.29, 1.82) is 0 Å². The molecule has 0 spiro atoms. The zero-order valence-corrected chi connectivity index (χ0v) is 9.86. The third kappa shape index (κ3) is 1.82. The minimum atomic E-state index is -0.386. The van der Waals surface area contributed by atoms with E-state index < -0.39 is 0 Å². The van der Waals surface area contributed by atoms with Crippen LogP contribution in [0.4, 0.5) is 0 Å². The number of hydrogen-bond acceptors (Lipinski definition) is 4. The normalized spacial score (nSPS) is 44.1. The molecule has 2 aliphatic rings. The standard InChI is InChI=1S/C10H19BO4/c1-6(2)14-8-7-9(11)15-10(8,4-12-3)5-13-7/h6-9H,4-5,11H2,1-3H3. The molecule has 5 heteroatoms. The second-order valence-electron chi connectivity index (χ2n) is 4.70. The summed E-state index contributed by atoms with van der Waals surface area (Å²) in [6, 6.07) is 0.0950. The van der Waals surface area contributed by atoms with Gasteiger partial charge in [0.1, 0.15) is 25.7 Å². The Balaban J connectivity index is 2.13. The Hall–Kier alpha value is -0.0951. The molecule has 86 valence electrons. The van der Waals surface area contributed by atoms with Gasteiger partial charge in [0.2, 0.25) is 0 Å². The smallest absolute Gasteiger partial charge is 0.143 e. The maximum absolute atomic E-state index is 5.93. The van der Waals surface area contributed by atoms with Crippen LogP contribution < -0.4 is 0 Å². The molecular weight excluding hydrogens is 195 g/mol. The summed E-state index contributed by atoms with van der Waals surface area (Å²) in [5.41, 5.74) is -0.386. The van der Waals surface area contributed by atoms with Gasteiger partial charge in [-0.15, -0.1) is 0 Å². The van der Waals surface area contributed by atoms with Crippen molar-refractivity contribution in [3.05, 3.63) is 0 Å². The number of methoxy groups -OCH3 is 1. The van der Waals surface area contributed by atoms with Crippen molar-refractivity contribution in [1.82, 2.24) is 0 Å². The van der Waals surface area contributed by atoms with Crippen LogP contribution in [0, 0.1) is 0 Å². The van der Waals surface area contributed by atoms with Gasteiger partial charge in [0.25, 0.3) is 0 Å². The SMILES string of the molecule is BC1OC2(COC)COC1C2OC(C)C. The highest BCUT2D eigenvalue weighted by molar-refractivity contribution is 6.11. The summed E-state index contributed by atoms with van der Waals surface area (Å²) in [4.78, 5) is 0. The third-order valence-corrected chi connectivity index (χ3v) is 3.03. The molecule has 0 aromatic heterocycles. The van der Waals surface area contributed by atoms with Gasteiger partial charge in [-0.2, -0.15) is 0 Å². The van der Waals surface area contributed by atoms with Crippen molar-refractivity contribution in [2.45, 2.75) is 43.8 Å². The molecule has 2 heterocycles. The summed E-state index contributed by atoms with van der Waals surface area (Å²) < 4.78 is 22.7. The van der Waals surface area contributed by atoms with Gasteiger partial charge >= 0.3 is 0 Å². The molecule has 4 atom stereocenters. The summed E-state index contributed by atoms with van der Waals surface area (Å²) in [6.45, 7) is 5.17. The highest BCUT2D eigenvalue weighted by atomic mass is 16.7. The summed E-state index contributed by atoms with van der Waals surface area (Å²) >= 11 is 0. The van der Waals surface area contributed by atoms with E-state index in [1.807, 2.05) is 21.7 Å². The van der Waals surface area contributed by atoms with Gasteiger partial charge in [0.05, 0.1) is 25.3 Å². The highest BCUT2D eigenvalue weighted by Gasteiger charge is 2.60. The molecule has 4 nitrogen and oxygen atoms in total. The van der Waals surface area contributed by atoms with Crippen LogP contribution in [0.3, 0.4) is 0 Å². The van der Waals surface area contributed by atoms with Gasteiger partial charge in [-0.1, -0.05) is 0 Å². The van der Waals surface area contributed by atoms with E-state index in [0.29, 0.717) is 13.2 Å². The summed E-state index contributed by atoms with van der Waals surface area (Å²) in [6.07, 6.45) is 0.249. The monoisotopic (exact) mass is 214 g/mol. The van der Waals surface area contributed by atoms with Crippen molar-refractivity contribution in [3.8, 4) is 0 Å². The Morgan fingerprint density at radius 2 is 2.27 bits per heavy atom. The molecule has 2 fully saturated rings. The van der Waals surface area contributed by atoms with Crippen LogP contribution in [-0.4, -0.2) is 58.1 Å². The third-order valence-electron chi connectivity index (χ3n) is 3.03. The Labute approximate surface area is 91.6 Å². The summed E-state index contributed by atoms with van der Waals surface area (Å²) in [5, 5.41) is 0. The van der Waals surface area contributed by atoms with Crippen LogP contribution in [0.15, 0.2) is 0 Å². The van der Waals surface area contributed by atoms with E-state index in [4.69, 9.17) is 18.9 Å². The maximum atomic E-state index is 5.93. The molecular formula is C10H19BO4. The molecule has 0 aliphatic carbocycles. The Kier molecular flexibility index (Phi) is 3.08. The fraction of sp³-hybridized carbons (Fsp3) is 1.00. The quantitative estimate of drug-likeness (QED) is 0.594. The van der Waals surface area contributed by atoms with E-state index in [1.54, 1.807) is 7.11 Å². The minimum Gasteiger partial charge on any atom is -0.381 e. The van der Waals surface area contributed by atoms with E-state index in [1.165, 1.54) is 0 Å². The van der Waals surface area contributed by atoms with Gasteiger partial charge in [0.15, 0.2) is 0 Å². The Bertz CT molecular complexity index is 235. The number of ether oxygens (including phenoxy) is 4. The Morgan fingerprint density at radius 1 is 1.53 bits per heavy atom. The van der Waals surface area contributed by atoms with Crippen molar-refractivity contribution in [2.24, 2.45) is 0 Å². The molecule has 0 radical (unpaired) electrons. The molecule has 2 aliphatic heterocycles. The molecule has 2 rings (SSSR count). The van der Waals surface area contributed by atoms with Crippen molar-refractivity contribution >= 4 is 7.85 Å². The summed E-state index contributed by atoms with van der Waals surface area (Å²) in [7, 11) is 3.71. The maximum Gasteiger partial charge on any atom is 0.143 e. The van der Waals surface area contributed by atoms with Crippen LogP contribution in [0.25, 0.3) is 0 Å². The van der Waals surface area contributed by atoms with Crippen LogP contribution in [0.2, 0.25) is 0 Å². The predicted molar refractivity (Wildman–Crippen MR) is 57.8 cm³/mol. The zero-order chi connectivity index (χ0) is 11.1. The van der Waals surface area contributed by atoms with Crippen molar-refractivity contribution < 1.29 is 18.9 Å². The zero-order valence-electron chi connectivity index (χ0n) is 9.86. The molecule has 2 saturated heterocycles. The molecule has 0 aromatic rings. The number of rotatable bonds is 4. The van der Waals surface area contributed by atoms with E-state index in [-0.39, 0.29) is 29.9 Å². The molecule has 15 heavy (non-hydrogen) atoms. The van der Waals surface area contributed by atoms with Crippen LogP contribution in [0.1, 0.15) is 13.8 Å². The fourth-order valence-corrected chi connectivity index (χ4v) is 2.52. The second-order valence-corrected chi connectivity index (χ2v) is 4.70. The highest BCUT2D eigenvalue weighted by Crippen LogP contribution is 2.41. The van der Waals surface area contributed by atoms with E-state index in [0.717, 1.165) is 0 Å². The van der Waals surface area contributed by atoms with E-state index in [9.17, 15) is 0 Å². The summed E-state index contributed by atoms with van der Waals surface area (Å²) in [5.74, 6) is 0. The first kappa shape index (κ1) is 11.4. The minimum absolute atomic E-state index is 0.00690. The number of fused-ring (bicyclic) bond motifs is 2. The van der Waals surface area contributed by atoms with Gasteiger partial charge in [-0.25, -0.2) is 0 Å². The largest absolute Gasteiger partial charge is 0.381 e. The molecule has 4 unspecified atom stereocenters. The molecule has 0 aromatic carbocycles. The first-order valence-electron chi connectivity index (χ1n) is 5.53. The molecule has 0 N–H and O–H groups in total. The first-order valence-corrected chi connectivity index (χ1v) is 5.53. The van der Waals surface area contributed by atoms with E-state index >= 15 is 0 Å². The molecule has 2 bridgehead atoms. The van der Waals surface area contributed by atoms with Gasteiger partial charge in [-0.3, -0.25) is 0 Å². The van der Waals surface area contributed by atoms with Crippen LogP contribution in [0.5, 0.6) is 0 Å². The lowest BCUT2D eigenvalue weighted by atomic mass is 9.92. The van der Waals surface area contributed by atoms with Gasteiger partial charge in [0, 0.05) is 7.11 Å². The van der Waals surface area contributed by atoms with E-state index in [2.05, 4.69) is 0 Å². The van der Waals surface area contributed by atoms with Gasteiger partial charge < -0.3 is 18.9 Å². The lowest BCUT2D eigenvalue weighted by molar-refractivity contribution is -0.149. The van der Waals surface area contributed by atoms with Crippen LogP contribution >= 0.6 is 0 Å².